The van der Waals surface area contributed by atoms with Crippen LogP contribution in [0.4, 0.5) is 5.82 Å². The normalized spacial score (nSPS) is 10.9. The van der Waals surface area contributed by atoms with Crippen LogP contribution < -0.4 is 16.2 Å². The molecule has 0 aliphatic heterocycles. The second kappa shape index (κ2) is 9.25. The summed E-state index contributed by atoms with van der Waals surface area (Å²) in [6.45, 7) is 2.66. The minimum Gasteiger partial charge on any atom is -0.365 e. The number of H-pyrrole nitrogens is 1. The number of benzene rings is 2. The van der Waals surface area contributed by atoms with Crippen molar-refractivity contribution in [3.05, 3.63) is 88.1 Å². The van der Waals surface area contributed by atoms with E-state index in [-0.39, 0.29) is 28.1 Å². The molecule has 2 aromatic carbocycles. The zero-order valence-corrected chi connectivity index (χ0v) is 17.3. The predicted octanol–water partition coefficient (Wildman–Crippen LogP) is 3.14. The van der Waals surface area contributed by atoms with Crippen LogP contribution >= 0.6 is 0 Å². The molecule has 0 atom stereocenters. The Bertz CT molecular complexity index is 1260. The van der Waals surface area contributed by atoms with Gasteiger partial charge in [-0.2, -0.15) is 5.10 Å². The molecule has 2 aromatic heterocycles. The first-order valence-electron chi connectivity index (χ1n) is 10.1. The molecular formula is C23H30N6O2. The molecule has 0 fully saturated rings. The zero-order valence-electron chi connectivity index (χ0n) is 17.3. The third-order valence-electron chi connectivity index (χ3n) is 5.10. The highest BCUT2D eigenvalue weighted by atomic mass is 16.2. The third-order valence-corrected chi connectivity index (χ3v) is 5.10. The van der Waals surface area contributed by atoms with Crippen molar-refractivity contribution in [2.45, 2.75) is 26.4 Å². The smallest absolute Gasteiger partial charge is 0.293 e. The Morgan fingerprint density at radius 1 is 1.13 bits per heavy atom. The number of nitrogens with zero attached hydrogens (tertiary/aromatic N) is 3. The van der Waals surface area contributed by atoms with E-state index in [9.17, 15) is 9.59 Å². The molecule has 4 aromatic rings. The summed E-state index contributed by atoms with van der Waals surface area (Å²) in [6.07, 6.45) is 4.12. The number of hydrogen-bond donors (Lipinski definition) is 3. The number of nitrogens with one attached hydrogen (secondary N) is 3. The maximum Gasteiger partial charge on any atom is 0.293 e. The molecular weight excluding hydrogens is 392 g/mol. The quantitative estimate of drug-likeness (QED) is 0.405. The summed E-state index contributed by atoms with van der Waals surface area (Å²) < 4.78 is 1.44. The minimum absolute atomic E-state index is 0. The second-order valence-electron chi connectivity index (χ2n) is 7.37. The van der Waals surface area contributed by atoms with Crippen LogP contribution in [0.2, 0.25) is 0 Å². The predicted molar refractivity (Wildman–Crippen MR) is 126 cm³/mol. The van der Waals surface area contributed by atoms with Crippen LogP contribution in [0.25, 0.3) is 10.9 Å². The zero-order chi connectivity index (χ0) is 21.6. The average molecular weight is 423 g/mol. The molecule has 1 amide bonds. The monoisotopic (exact) mass is 422 g/mol. The largest absolute Gasteiger partial charge is 0.365 e. The van der Waals surface area contributed by atoms with Crippen molar-refractivity contribution >= 4 is 22.6 Å². The first kappa shape index (κ1) is 20.3. The molecule has 164 valence electrons. The molecule has 8 heteroatoms. The Morgan fingerprint density at radius 2 is 1.97 bits per heavy atom. The molecule has 0 saturated carbocycles. The third kappa shape index (κ3) is 4.98. The van der Waals surface area contributed by atoms with E-state index < -0.39 is 0 Å². The maximum atomic E-state index is 12.8. The van der Waals surface area contributed by atoms with Gasteiger partial charge in [-0.25, -0.2) is 4.98 Å². The van der Waals surface area contributed by atoms with Gasteiger partial charge in [0.1, 0.15) is 6.54 Å². The topological polar surface area (TPSA) is 105 Å². The minimum atomic E-state index is -0.303. The van der Waals surface area contributed by atoms with Crippen LogP contribution in [0.15, 0.2) is 65.7 Å². The van der Waals surface area contributed by atoms with E-state index in [1.54, 1.807) is 19.3 Å². The lowest BCUT2D eigenvalue weighted by Gasteiger charge is -2.13. The summed E-state index contributed by atoms with van der Waals surface area (Å²) in [7, 11) is 0. The number of rotatable bonds is 8. The van der Waals surface area contributed by atoms with Crippen LogP contribution in [-0.2, 0) is 24.3 Å². The summed E-state index contributed by atoms with van der Waals surface area (Å²) in [6, 6.07) is 15.8. The molecule has 0 aliphatic rings. The molecule has 8 nitrogen and oxygen atoms in total. The summed E-state index contributed by atoms with van der Waals surface area (Å²) in [5.41, 5.74) is 3.41. The highest BCUT2D eigenvalue weighted by molar-refractivity contribution is 5.79. The van der Waals surface area contributed by atoms with Gasteiger partial charge in [-0.1, -0.05) is 36.4 Å². The number of carbonyl (C=O) groups excluding carboxylic acids is 1. The first-order valence-corrected chi connectivity index (χ1v) is 10.1. The number of aromatic nitrogens is 4. The summed E-state index contributed by atoms with van der Waals surface area (Å²) in [4.78, 5) is 29.5. The van der Waals surface area contributed by atoms with Gasteiger partial charge in [0.05, 0.1) is 11.7 Å². The molecule has 3 N–H and O–H groups in total. The van der Waals surface area contributed by atoms with Gasteiger partial charge in [0.25, 0.3) is 5.56 Å². The van der Waals surface area contributed by atoms with Gasteiger partial charge in [-0.05, 0) is 36.6 Å². The standard InChI is InChI=1S/C23H24N6O2.3H2/c1-16-12-26-22(24-10-9-17-5-3-2-4-6-17)23(31)29(16)15-21(30)25-13-18-7-8-20-19(11-18)14-27-28-20;;;/h2-8,11-12,14H,9-10,13,15H2,1H3,(H,24,26)(H,25,30)(H,27,28);3*1H. The Hall–Kier alpha value is -3.94. The van der Waals surface area contributed by atoms with Crippen molar-refractivity contribution in [1.29, 1.82) is 0 Å². The number of amides is 1. The van der Waals surface area contributed by atoms with Gasteiger partial charge in [-0.15, -0.1) is 0 Å². The Balaban J connectivity index is 0.00000193. The molecule has 0 aliphatic carbocycles. The number of carbonyl (C=O) groups is 1. The highest BCUT2D eigenvalue weighted by Crippen LogP contribution is 2.12. The van der Waals surface area contributed by atoms with Crippen LogP contribution in [0.1, 0.15) is 21.1 Å². The van der Waals surface area contributed by atoms with E-state index in [0.29, 0.717) is 18.8 Å². The van der Waals surface area contributed by atoms with Crippen molar-refractivity contribution in [2.75, 3.05) is 11.9 Å². The molecule has 0 radical (unpaired) electrons. The summed E-state index contributed by atoms with van der Waals surface area (Å²) in [5, 5.41) is 13.8. The van der Waals surface area contributed by atoms with Crippen LogP contribution in [0.3, 0.4) is 0 Å². The van der Waals surface area contributed by atoms with Crippen molar-refractivity contribution < 1.29 is 9.07 Å². The van der Waals surface area contributed by atoms with Gasteiger partial charge in [0, 0.05) is 34.6 Å². The number of fused-ring (bicyclic) bond motifs is 1. The van der Waals surface area contributed by atoms with Gasteiger partial charge in [-0.3, -0.25) is 19.3 Å². The number of anilines is 1. The van der Waals surface area contributed by atoms with Gasteiger partial charge in [0.2, 0.25) is 5.91 Å². The molecule has 0 bridgehead atoms. The Labute approximate surface area is 183 Å². The SMILES string of the molecule is Cc1cnc(NCCc2ccccc2)c(=O)n1CC(=O)NCc1ccc2[nH]ncc2c1.[HH].[HH].[HH]. The van der Waals surface area contributed by atoms with E-state index in [4.69, 9.17) is 0 Å². The van der Waals surface area contributed by atoms with E-state index in [2.05, 4.69) is 25.8 Å². The van der Waals surface area contributed by atoms with Crippen molar-refractivity contribution in [2.24, 2.45) is 0 Å². The van der Waals surface area contributed by atoms with E-state index in [1.165, 1.54) is 10.1 Å². The highest BCUT2D eigenvalue weighted by Gasteiger charge is 2.11. The average Bonchev–Trinajstić information content (AvgIpc) is 3.25. The fourth-order valence-electron chi connectivity index (χ4n) is 3.36. The molecule has 31 heavy (non-hydrogen) atoms. The fraction of sp³-hybridized carbons (Fsp3) is 0.217. The lowest BCUT2D eigenvalue weighted by Crippen LogP contribution is -2.34. The van der Waals surface area contributed by atoms with Crippen LogP contribution in [0.5, 0.6) is 0 Å². The molecule has 0 saturated heterocycles. The van der Waals surface area contributed by atoms with Gasteiger partial charge < -0.3 is 10.6 Å². The fourth-order valence-corrected chi connectivity index (χ4v) is 3.36. The van der Waals surface area contributed by atoms with E-state index in [1.807, 2.05) is 48.5 Å². The number of aromatic amines is 1. The molecule has 0 spiro atoms. The maximum absolute atomic E-state index is 12.8. The lowest BCUT2D eigenvalue weighted by molar-refractivity contribution is -0.121. The van der Waals surface area contributed by atoms with Crippen molar-refractivity contribution in [3.63, 3.8) is 0 Å². The first-order chi connectivity index (χ1) is 15.1. The van der Waals surface area contributed by atoms with Crippen LogP contribution in [0, 0.1) is 6.92 Å². The van der Waals surface area contributed by atoms with Crippen molar-refractivity contribution in [3.8, 4) is 0 Å². The Kier molecular flexibility index (Phi) is 6.07. The molecule has 0 unspecified atom stereocenters. The van der Waals surface area contributed by atoms with Crippen LogP contribution in [-0.4, -0.2) is 32.2 Å². The lowest BCUT2D eigenvalue weighted by atomic mass is 10.1. The van der Waals surface area contributed by atoms with Crippen molar-refractivity contribution in [1.82, 2.24) is 25.1 Å². The Morgan fingerprint density at radius 3 is 2.81 bits per heavy atom. The number of aryl methyl sites for hydroxylation is 1. The van der Waals surface area contributed by atoms with E-state index >= 15 is 0 Å². The van der Waals surface area contributed by atoms with E-state index in [0.717, 1.165) is 22.9 Å². The van der Waals surface area contributed by atoms with Gasteiger partial charge in [0.15, 0.2) is 5.82 Å². The molecule has 4 rings (SSSR count). The molecule has 2 heterocycles. The summed E-state index contributed by atoms with van der Waals surface area (Å²) in [5.74, 6) is 0.0127. The number of hydrogen-bond acceptors (Lipinski definition) is 5. The second-order valence-corrected chi connectivity index (χ2v) is 7.37. The summed E-state index contributed by atoms with van der Waals surface area (Å²) >= 11 is 0. The van der Waals surface area contributed by atoms with Gasteiger partial charge >= 0.3 is 0 Å².